The average molecular weight is 246 g/mol. The summed E-state index contributed by atoms with van der Waals surface area (Å²) in [5.41, 5.74) is 3.12. The molecule has 2 aliphatic carbocycles. The standard InChI is InChI=1S/C15H18O3/c1-7-4-5-10-9(3)15(17)18-14(10)13-8(2)6-11(16)12(7)13/h6,9-10,13-14H,4-5H2,1-3H3/t9-,10?,13?,14-/m0/s1. The Balaban J connectivity index is 2.07. The highest BCUT2D eigenvalue weighted by Crippen LogP contribution is 2.47. The van der Waals surface area contributed by atoms with E-state index < -0.39 is 0 Å². The molecule has 1 aliphatic heterocycles. The highest BCUT2D eigenvalue weighted by molar-refractivity contribution is 6.09. The minimum Gasteiger partial charge on any atom is -0.461 e. The number of esters is 1. The molecule has 3 aliphatic rings. The molecule has 1 fully saturated rings. The zero-order valence-corrected chi connectivity index (χ0v) is 11.0. The van der Waals surface area contributed by atoms with Gasteiger partial charge in [-0.3, -0.25) is 9.59 Å². The van der Waals surface area contributed by atoms with Crippen LogP contribution in [0.2, 0.25) is 0 Å². The van der Waals surface area contributed by atoms with E-state index in [1.54, 1.807) is 6.08 Å². The Kier molecular flexibility index (Phi) is 2.47. The summed E-state index contributed by atoms with van der Waals surface area (Å²) in [5, 5.41) is 0. The molecule has 96 valence electrons. The summed E-state index contributed by atoms with van der Waals surface area (Å²) in [6.45, 7) is 5.96. The molecule has 0 saturated carbocycles. The SMILES string of the molecule is CC1=CC(=O)C2=C(C)CCC3[C@H](OC(=O)[C@H]3C)C12. The predicted molar refractivity (Wildman–Crippen MR) is 66.7 cm³/mol. The molecule has 0 spiro atoms. The van der Waals surface area contributed by atoms with Gasteiger partial charge in [0.25, 0.3) is 0 Å². The molecule has 0 amide bonds. The van der Waals surface area contributed by atoms with Gasteiger partial charge in [0.2, 0.25) is 0 Å². The summed E-state index contributed by atoms with van der Waals surface area (Å²) in [5.74, 6) is 0.246. The maximum atomic E-state index is 12.1. The lowest BCUT2D eigenvalue weighted by Crippen LogP contribution is -2.28. The number of hydrogen-bond donors (Lipinski definition) is 0. The number of rotatable bonds is 0. The molecular weight excluding hydrogens is 228 g/mol. The van der Waals surface area contributed by atoms with Crippen molar-refractivity contribution < 1.29 is 14.3 Å². The lowest BCUT2D eigenvalue weighted by atomic mass is 9.81. The fraction of sp³-hybridized carbons (Fsp3) is 0.600. The van der Waals surface area contributed by atoms with E-state index in [0.717, 1.165) is 24.0 Å². The molecular formula is C15H18O3. The van der Waals surface area contributed by atoms with E-state index in [4.69, 9.17) is 4.74 Å². The highest BCUT2D eigenvalue weighted by Gasteiger charge is 2.50. The van der Waals surface area contributed by atoms with Crippen LogP contribution in [0.15, 0.2) is 22.8 Å². The Morgan fingerprint density at radius 3 is 2.72 bits per heavy atom. The van der Waals surface area contributed by atoms with Gasteiger partial charge in [0.1, 0.15) is 6.10 Å². The summed E-state index contributed by atoms with van der Waals surface area (Å²) in [6.07, 6.45) is 3.44. The van der Waals surface area contributed by atoms with Crippen molar-refractivity contribution in [2.24, 2.45) is 17.8 Å². The van der Waals surface area contributed by atoms with Crippen LogP contribution in [0.4, 0.5) is 0 Å². The van der Waals surface area contributed by atoms with E-state index in [9.17, 15) is 9.59 Å². The Hall–Kier alpha value is -1.38. The van der Waals surface area contributed by atoms with Crippen molar-refractivity contribution in [1.82, 2.24) is 0 Å². The van der Waals surface area contributed by atoms with E-state index in [1.165, 1.54) is 5.57 Å². The maximum Gasteiger partial charge on any atom is 0.309 e. The molecule has 3 nitrogen and oxygen atoms in total. The van der Waals surface area contributed by atoms with Gasteiger partial charge in [-0.2, -0.15) is 0 Å². The number of ether oxygens (including phenoxy) is 1. The molecule has 2 unspecified atom stereocenters. The molecule has 0 bridgehead atoms. The Labute approximate surface area is 107 Å². The second-order valence-electron chi connectivity index (χ2n) is 5.82. The second-order valence-corrected chi connectivity index (χ2v) is 5.82. The van der Waals surface area contributed by atoms with Crippen LogP contribution in [-0.4, -0.2) is 17.9 Å². The lowest BCUT2D eigenvalue weighted by molar-refractivity contribution is -0.144. The normalized spacial score (nSPS) is 39.2. The van der Waals surface area contributed by atoms with Gasteiger partial charge in [-0.1, -0.05) is 18.1 Å². The average Bonchev–Trinajstić information content (AvgIpc) is 2.68. The maximum absolute atomic E-state index is 12.1. The first-order valence-corrected chi connectivity index (χ1v) is 6.63. The molecule has 4 atom stereocenters. The zero-order valence-electron chi connectivity index (χ0n) is 11.0. The van der Waals surface area contributed by atoms with Crippen molar-refractivity contribution in [1.29, 1.82) is 0 Å². The first-order valence-electron chi connectivity index (χ1n) is 6.63. The third-order valence-corrected chi connectivity index (χ3v) is 4.76. The van der Waals surface area contributed by atoms with Gasteiger partial charge >= 0.3 is 5.97 Å². The van der Waals surface area contributed by atoms with E-state index in [1.807, 2.05) is 20.8 Å². The molecule has 0 N–H and O–H groups in total. The van der Waals surface area contributed by atoms with Crippen LogP contribution < -0.4 is 0 Å². The number of fused-ring (bicyclic) bond motifs is 3. The fourth-order valence-corrected chi connectivity index (χ4v) is 3.69. The number of carbonyl (C=O) groups is 2. The van der Waals surface area contributed by atoms with Crippen molar-refractivity contribution in [3.05, 3.63) is 22.8 Å². The Bertz CT molecular complexity index is 498. The third kappa shape index (κ3) is 1.43. The van der Waals surface area contributed by atoms with Crippen LogP contribution in [0.1, 0.15) is 33.6 Å². The molecule has 0 aromatic carbocycles. The van der Waals surface area contributed by atoms with Gasteiger partial charge in [-0.05, 0) is 32.8 Å². The first kappa shape index (κ1) is 11.7. The Morgan fingerprint density at radius 2 is 2.00 bits per heavy atom. The summed E-state index contributed by atoms with van der Waals surface area (Å²) >= 11 is 0. The minimum atomic E-state index is -0.123. The zero-order chi connectivity index (χ0) is 13.0. The van der Waals surface area contributed by atoms with Gasteiger partial charge in [0.05, 0.1) is 5.92 Å². The highest BCUT2D eigenvalue weighted by atomic mass is 16.6. The summed E-state index contributed by atoms with van der Waals surface area (Å²) in [6, 6.07) is 0. The third-order valence-electron chi connectivity index (χ3n) is 4.76. The molecule has 0 aromatic heterocycles. The summed E-state index contributed by atoms with van der Waals surface area (Å²) in [7, 11) is 0. The molecule has 1 heterocycles. The van der Waals surface area contributed by atoms with Crippen LogP contribution in [-0.2, 0) is 14.3 Å². The van der Waals surface area contributed by atoms with Gasteiger partial charge in [0.15, 0.2) is 5.78 Å². The van der Waals surface area contributed by atoms with Gasteiger partial charge < -0.3 is 4.74 Å². The van der Waals surface area contributed by atoms with E-state index in [-0.39, 0.29) is 35.6 Å². The molecule has 1 saturated heterocycles. The number of hydrogen-bond acceptors (Lipinski definition) is 3. The molecule has 18 heavy (non-hydrogen) atoms. The van der Waals surface area contributed by atoms with E-state index >= 15 is 0 Å². The predicted octanol–water partition coefficient (Wildman–Crippen LogP) is 2.42. The monoisotopic (exact) mass is 246 g/mol. The quantitative estimate of drug-likeness (QED) is 0.616. The topological polar surface area (TPSA) is 43.4 Å². The van der Waals surface area contributed by atoms with Crippen LogP contribution in [0, 0.1) is 17.8 Å². The van der Waals surface area contributed by atoms with E-state index in [0.29, 0.717) is 0 Å². The van der Waals surface area contributed by atoms with Gasteiger partial charge in [-0.15, -0.1) is 0 Å². The van der Waals surface area contributed by atoms with Crippen LogP contribution in [0.5, 0.6) is 0 Å². The molecule has 0 aromatic rings. The number of allylic oxidation sites excluding steroid dienone is 2. The Morgan fingerprint density at radius 1 is 1.28 bits per heavy atom. The van der Waals surface area contributed by atoms with Crippen molar-refractivity contribution in [2.45, 2.75) is 39.7 Å². The van der Waals surface area contributed by atoms with Crippen molar-refractivity contribution in [3.63, 3.8) is 0 Å². The number of ketones is 1. The van der Waals surface area contributed by atoms with Crippen LogP contribution in [0.3, 0.4) is 0 Å². The number of carbonyl (C=O) groups excluding carboxylic acids is 2. The second kappa shape index (κ2) is 3.81. The van der Waals surface area contributed by atoms with Crippen LogP contribution >= 0.6 is 0 Å². The largest absolute Gasteiger partial charge is 0.461 e. The molecule has 3 heteroatoms. The van der Waals surface area contributed by atoms with Crippen molar-refractivity contribution >= 4 is 11.8 Å². The smallest absolute Gasteiger partial charge is 0.309 e. The summed E-state index contributed by atoms with van der Waals surface area (Å²) < 4.78 is 5.57. The summed E-state index contributed by atoms with van der Waals surface area (Å²) in [4.78, 5) is 23.8. The van der Waals surface area contributed by atoms with Crippen LogP contribution in [0.25, 0.3) is 0 Å². The van der Waals surface area contributed by atoms with Crippen molar-refractivity contribution in [3.8, 4) is 0 Å². The first-order chi connectivity index (χ1) is 8.50. The van der Waals surface area contributed by atoms with Gasteiger partial charge in [0, 0.05) is 17.4 Å². The van der Waals surface area contributed by atoms with Crippen molar-refractivity contribution in [2.75, 3.05) is 0 Å². The fourth-order valence-electron chi connectivity index (χ4n) is 3.69. The minimum absolute atomic E-state index is 0.0129. The van der Waals surface area contributed by atoms with Gasteiger partial charge in [-0.25, -0.2) is 0 Å². The molecule has 0 radical (unpaired) electrons. The van der Waals surface area contributed by atoms with E-state index in [2.05, 4.69) is 0 Å². The lowest BCUT2D eigenvalue weighted by Gasteiger charge is -2.24. The molecule has 3 rings (SSSR count).